The van der Waals surface area contributed by atoms with Crippen molar-refractivity contribution in [2.24, 2.45) is 5.73 Å². The lowest BCUT2D eigenvalue weighted by Gasteiger charge is -2.15. The van der Waals surface area contributed by atoms with Crippen molar-refractivity contribution in [1.29, 1.82) is 0 Å². The number of halogens is 3. The molecule has 0 bridgehead atoms. The number of hydrogen-bond acceptors (Lipinski definition) is 3. The highest BCUT2D eigenvalue weighted by atomic mass is 19.4. The molecule has 0 saturated carbocycles. The van der Waals surface area contributed by atoms with E-state index in [4.69, 9.17) is 5.73 Å². The Morgan fingerprint density at radius 1 is 1.50 bits per heavy atom. The molecule has 1 aliphatic heterocycles. The SMILES string of the molecule is NC1=CCNC=C1OC(F)(F)F. The molecule has 0 amide bonds. The Kier molecular flexibility index (Phi) is 2.16. The number of dihydropyridines is 1. The summed E-state index contributed by atoms with van der Waals surface area (Å²) in [4.78, 5) is 0. The third kappa shape index (κ3) is 2.37. The number of ether oxygens (including phenoxy) is 1. The summed E-state index contributed by atoms with van der Waals surface area (Å²) in [5, 5.41) is 2.54. The minimum atomic E-state index is -4.69. The Morgan fingerprint density at radius 3 is 2.67 bits per heavy atom. The topological polar surface area (TPSA) is 47.3 Å². The second kappa shape index (κ2) is 2.96. The summed E-state index contributed by atoms with van der Waals surface area (Å²) in [6.07, 6.45) is -2.20. The molecular weight excluding hydrogens is 173 g/mol. The van der Waals surface area contributed by atoms with Gasteiger partial charge in [0, 0.05) is 12.7 Å². The maximum Gasteiger partial charge on any atom is 0.573 e. The van der Waals surface area contributed by atoms with Gasteiger partial charge in [0.25, 0.3) is 0 Å². The quantitative estimate of drug-likeness (QED) is 0.627. The second-order valence-electron chi connectivity index (χ2n) is 2.12. The zero-order valence-electron chi connectivity index (χ0n) is 5.98. The summed E-state index contributed by atoms with van der Waals surface area (Å²) in [5.74, 6) is -0.395. The fourth-order valence-corrected chi connectivity index (χ4v) is 0.717. The lowest BCUT2D eigenvalue weighted by Crippen LogP contribution is -2.23. The molecule has 0 radical (unpaired) electrons. The van der Waals surface area contributed by atoms with Gasteiger partial charge in [0.05, 0.1) is 5.70 Å². The molecule has 1 aliphatic rings. The van der Waals surface area contributed by atoms with Gasteiger partial charge >= 0.3 is 6.36 Å². The van der Waals surface area contributed by atoms with Crippen molar-refractivity contribution < 1.29 is 17.9 Å². The van der Waals surface area contributed by atoms with E-state index < -0.39 is 12.1 Å². The molecule has 0 spiro atoms. The maximum absolute atomic E-state index is 11.6. The van der Waals surface area contributed by atoms with Crippen LogP contribution in [0.4, 0.5) is 13.2 Å². The van der Waals surface area contributed by atoms with E-state index in [2.05, 4.69) is 10.1 Å². The first-order chi connectivity index (χ1) is 5.49. The minimum absolute atomic E-state index is 0.00826. The predicted octanol–water partition coefficient (Wildman–Crippen LogP) is 0.810. The molecule has 68 valence electrons. The number of hydrogen-bond donors (Lipinski definition) is 2. The predicted molar refractivity (Wildman–Crippen MR) is 35.5 cm³/mol. The summed E-state index contributed by atoms with van der Waals surface area (Å²) < 4.78 is 38.5. The zero-order valence-corrected chi connectivity index (χ0v) is 5.98. The van der Waals surface area contributed by atoms with Crippen LogP contribution in [0.2, 0.25) is 0 Å². The largest absolute Gasteiger partial charge is 0.573 e. The van der Waals surface area contributed by atoms with E-state index in [-0.39, 0.29) is 5.70 Å². The van der Waals surface area contributed by atoms with Gasteiger partial charge < -0.3 is 15.8 Å². The molecule has 0 atom stereocenters. The summed E-state index contributed by atoms with van der Waals surface area (Å²) in [6.45, 7) is 0.413. The highest BCUT2D eigenvalue weighted by Gasteiger charge is 2.33. The van der Waals surface area contributed by atoms with Crippen LogP contribution in [0.15, 0.2) is 23.7 Å². The van der Waals surface area contributed by atoms with Gasteiger partial charge in [-0.15, -0.1) is 13.2 Å². The summed E-state index contributed by atoms with van der Waals surface area (Å²) in [6, 6.07) is 0. The first-order valence-corrected chi connectivity index (χ1v) is 3.14. The van der Waals surface area contributed by atoms with Crippen molar-refractivity contribution in [3.05, 3.63) is 23.7 Å². The van der Waals surface area contributed by atoms with E-state index in [9.17, 15) is 13.2 Å². The van der Waals surface area contributed by atoms with Gasteiger partial charge in [-0.2, -0.15) is 0 Å². The third-order valence-electron chi connectivity index (χ3n) is 1.18. The number of alkyl halides is 3. The number of nitrogens with two attached hydrogens (primary N) is 1. The third-order valence-corrected chi connectivity index (χ3v) is 1.18. The fourth-order valence-electron chi connectivity index (χ4n) is 0.717. The van der Waals surface area contributed by atoms with Gasteiger partial charge in [-0.3, -0.25) is 0 Å². The van der Waals surface area contributed by atoms with Crippen LogP contribution >= 0.6 is 0 Å². The molecule has 3 nitrogen and oxygen atoms in total. The van der Waals surface area contributed by atoms with Gasteiger partial charge in [-0.1, -0.05) is 0 Å². The molecule has 6 heteroatoms. The van der Waals surface area contributed by atoms with Crippen molar-refractivity contribution in [2.75, 3.05) is 6.54 Å². The summed E-state index contributed by atoms with van der Waals surface area (Å²) >= 11 is 0. The average Bonchev–Trinajstić information content (AvgIpc) is 1.91. The van der Waals surface area contributed by atoms with Crippen LogP contribution in [0.25, 0.3) is 0 Å². The Hall–Kier alpha value is -1.33. The van der Waals surface area contributed by atoms with Gasteiger partial charge in [-0.05, 0) is 6.08 Å². The summed E-state index contributed by atoms with van der Waals surface area (Å²) in [5.41, 5.74) is 5.21. The highest BCUT2D eigenvalue weighted by Crippen LogP contribution is 2.23. The molecular formula is C6H7F3N2O. The van der Waals surface area contributed by atoms with Crippen molar-refractivity contribution in [3.63, 3.8) is 0 Å². The molecule has 3 N–H and O–H groups in total. The van der Waals surface area contributed by atoms with Crippen molar-refractivity contribution in [3.8, 4) is 0 Å². The molecule has 1 rings (SSSR count). The molecule has 0 aromatic heterocycles. The molecule has 0 saturated heterocycles. The van der Waals surface area contributed by atoms with Crippen molar-refractivity contribution in [2.45, 2.75) is 6.36 Å². The number of nitrogens with one attached hydrogen (secondary N) is 1. The lowest BCUT2D eigenvalue weighted by molar-refractivity contribution is -0.304. The van der Waals surface area contributed by atoms with Crippen LogP contribution < -0.4 is 11.1 Å². The van der Waals surface area contributed by atoms with Crippen molar-refractivity contribution >= 4 is 0 Å². The average molecular weight is 180 g/mol. The standard InChI is InChI=1S/C6H7F3N2O/c7-6(8,9)12-5-3-11-2-1-4(5)10/h1,3,11H,2,10H2. The molecule has 1 heterocycles. The van der Waals surface area contributed by atoms with Crippen LogP contribution in [-0.4, -0.2) is 12.9 Å². The molecule has 0 aliphatic carbocycles. The van der Waals surface area contributed by atoms with Gasteiger partial charge in [-0.25, -0.2) is 0 Å². The second-order valence-corrected chi connectivity index (χ2v) is 2.12. The molecule has 12 heavy (non-hydrogen) atoms. The van der Waals surface area contributed by atoms with Crippen molar-refractivity contribution in [1.82, 2.24) is 5.32 Å². The molecule has 0 aromatic rings. The highest BCUT2D eigenvalue weighted by molar-refractivity contribution is 5.25. The van der Waals surface area contributed by atoms with Gasteiger partial charge in [0.2, 0.25) is 0 Å². The summed E-state index contributed by atoms with van der Waals surface area (Å²) in [7, 11) is 0. The van der Waals surface area contributed by atoms with E-state index >= 15 is 0 Å². The van der Waals surface area contributed by atoms with E-state index in [0.717, 1.165) is 6.20 Å². The first kappa shape index (κ1) is 8.76. The van der Waals surface area contributed by atoms with E-state index in [0.29, 0.717) is 6.54 Å². The van der Waals surface area contributed by atoms with Crippen LogP contribution in [-0.2, 0) is 4.74 Å². The normalized spacial score (nSPS) is 17.6. The van der Waals surface area contributed by atoms with E-state index in [1.54, 1.807) is 0 Å². The minimum Gasteiger partial charge on any atom is -0.402 e. The first-order valence-electron chi connectivity index (χ1n) is 3.14. The zero-order chi connectivity index (χ0) is 9.19. The van der Waals surface area contributed by atoms with E-state index in [1.807, 2.05) is 0 Å². The fraction of sp³-hybridized carbons (Fsp3) is 0.333. The van der Waals surface area contributed by atoms with Crippen LogP contribution in [0.3, 0.4) is 0 Å². The van der Waals surface area contributed by atoms with Crippen LogP contribution in [0.1, 0.15) is 0 Å². The Balaban J connectivity index is 2.64. The van der Waals surface area contributed by atoms with Crippen LogP contribution in [0, 0.1) is 0 Å². The Morgan fingerprint density at radius 2 is 2.17 bits per heavy atom. The molecule has 0 fully saturated rings. The van der Waals surface area contributed by atoms with Crippen LogP contribution in [0.5, 0.6) is 0 Å². The Labute approximate surface area is 66.7 Å². The molecule has 0 unspecified atom stereocenters. The number of rotatable bonds is 1. The monoisotopic (exact) mass is 180 g/mol. The maximum atomic E-state index is 11.6. The smallest absolute Gasteiger partial charge is 0.402 e. The lowest BCUT2D eigenvalue weighted by atomic mass is 10.3. The van der Waals surface area contributed by atoms with E-state index in [1.165, 1.54) is 6.08 Å². The Bertz CT molecular complexity index is 231. The van der Waals surface area contributed by atoms with Gasteiger partial charge in [0.15, 0.2) is 5.76 Å². The van der Waals surface area contributed by atoms with Gasteiger partial charge in [0.1, 0.15) is 0 Å². The molecule has 0 aromatic carbocycles.